The van der Waals surface area contributed by atoms with Crippen LogP contribution in [0.2, 0.25) is 0 Å². The van der Waals surface area contributed by atoms with Gasteiger partial charge in [0.25, 0.3) is 5.69 Å². The molecular weight excluding hydrogens is 370 g/mol. The van der Waals surface area contributed by atoms with Crippen LogP contribution in [0.1, 0.15) is 18.7 Å². The molecule has 146 valence electrons. The predicted octanol–water partition coefficient (Wildman–Crippen LogP) is 0.953. The number of nitro groups is 1. The number of non-ortho nitro benzene ring substituents is 1. The van der Waals surface area contributed by atoms with Crippen LogP contribution >= 0.6 is 0 Å². The fourth-order valence-corrected chi connectivity index (χ4v) is 3.05. The van der Waals surface area contributed by atoms with Crippen LogP contribution in [0.15, 0.2) is 36.9 Å². The molecule has 4 atom stereocenters. The Kier molecular flexibility index (Phi) is 4.63. The SMILES string of the molecule is C[C@H]1O[C@@H](n2cnc3c(OCc4ccc([N+](=O)[O-])cc4)ncnc32)[C@H](O)[C@@H]1O. The average Bonchev–Trinajstić information content (AvgIpc) is 3.23. The van der Waals surface area contributed by atoms with Gasteiger partial charge in [-0.2, -0.15) is 4.98 Å². The second kappa shape index (κ2) is 7.11. The largest absolute Gasteiger partial charge is 0.471 e. The number of hydrogen-bond donors (Lipinski definition) is 2. The van der Waals surface area contributed by atoms with E-state index < -0.39 is 29.5 Å². The third-order valence-corrected chi connectivity index (χ3v) is 4.60. The minimum absolute atomic E-state index is 0.00143. The van der Waals surface area contributed by atoms with Gasteiger partial charge in [-0.1, -0.05) is 0 Å². The summed E-state index contributed by atoms with van der Waals surface area (Å²) >= 11 is 0. The van der Waals surface area contributed by atoms with Gasteiger partial charge in [0, 0.05) is 12.1 Å². The van der Waals surface area contributed by atoms with E-state index in [2.05, 4.69) is 15.0 Å². The molecule has 1 aliphatic rings. The van der Waals surface area contributed by atoms with Gasteiger partial charge in [0.1, 0.15) is 25.1 Å². The lowest BCUT2D eigenvalue weighted by molar-refractivity contribution is -0.384. The molecule has 3 heterocycles. The second-order valence-electron chi connectivity index (χ2n) is 6.43. The summed E-state index contributed by atoms with van der Waals surface area (Å²) in [5.41, 5.74) is 1.48. The van der Waals surface area contributed by atoms with E-state index in [-0.39, 0.29) is 18.2 Å². The van der Waals surface area contributed by atoms with Crippen molar-refractivity contribution in [3.8, 4) is 5.88 Å². The fraction of sp³-hybridized carbons (Fsp3) is 0.353. The first-order chi connectivity index (χ1) is 13.5. The number of imidazole rings is 1. The lowest BCUT2D eigenvalue weighted by Gasteiger charge is -2.16. The number of nitro benzene ring substituents is 1. The number of rotatable bonds is 5. The molecule has 0 saturated carbocycles. The highest BCUT2D eigenvalue weighted by Crippen LogP contribution is 2.32. The molecule has 4 rings (SSSR count). The van der Waals surface area contributed by atoms with Crippen molar-refractivity contribution in [3.63, 3.8) is 0 Å². The molecular formula is C17H17N5O6. The first-order valence-corrected chi connectivity index (χ1v) is 8.51. The normalized spacial score (nSPS) is 24.5. The third kappa shape index (κ3) is 3.15. The van der Waals surface area contributed by atoms with Crippen LogP contribution in [-0.4, -0.2) is 53.0 Å². The van der Waals surface area contributed by atoms with Gasteiger partial charge in [0.15, 0.2) is 17.4 Å². The van der Waals surface area contributed by atoms with Gasteiger partial charge in [0.2, 0.25) is 5.88 Å². The molecule has 0 amide bonds. The number of fused-ring (bicyclic) bond motifs is 1. The Hall–Kier alpha value is -3.15. The smallest absolute Gasteiger partial charge is 0.269 e. The fourth-order valence-electron chi connectivity index (χ4n) is 3.05. The minimum atomic E-state index is -1.12. The lowest BCUT2D eigenvalue weighted by Crippen LogP contribution is -2.30. The average molecular weight is 387 g/mol. The van der Waals surface area contributed by atoms with Crippen LogP contribution in [0.3, 0.4) is 0 Å². The molecule has 0 radical (unpaired) electrons. The Bertz CT molecular complexity index is 1010. The van der Waals surface area contributed by atoms with Crippen LogP contribution < -0.4 is 4.74 Å². The van der Waals surface area contributed by atoms with Gasteiger partial charge in [-0.25, -0.2) is 9.97 Å². The number of aliphatic hydroxyl groups is 2. The summed E-state index contributed by atoms with van der Waals surface area (Å²) in [5.74, 6) is 0.225. The summed E-state index contributed by atoms with van der Waals surface area (Å²) in [4.78, 5) is 22.8. The van der Waals surface area contributed by atoms with Gasteiger partial charge in [-0.15, -0.1) is 0 Å². The molecule has 0 spiro atoms. The maximum atomic E-state index is 10.7. The van der Waals surface area contributed by atoms with Gasteiger partial charge in [-0.05, 0) is 24.6 Å². The van der Waals surface area contributed by atoms with E-state index >= 15 is 0 Å². The number of aromatic nitrogens is 4. The van der Waals surface area contributed by atoms with Crippen molar-refractivity contribution in [3.05, 3.63) is 52.6 Å². The summed E-state index contributed by atoms with van der Waals surface area (Å²) in [5, 5.41) is 30.8. The highest BCUT2D eigenvalue weighted by molar-refractivity contribution is 5.76. The highest BCUT2D eigenvalue weighted by atomic mass is 16.6. The maximum absolute atomic E-state index is 10.7. The van der Waals surface area contributed by atoms with Gasteiger partial charge in [-0.3, -0.25) is 14.7 Å². The number of ether oxygens (including phenoxy) is 2. The number of hydrogen-bond acceptors (Lipinski definition) is 9. The van der Waals surface area contributed by atoms with Crippen molar-refractivity contribution in [1.29, 1.82) is 0 Å². The number of nitrogens with zero attached hydrogens (tertiary/aromatic N) is 5. The molecule has 11 nitrogen and oxygen atoms in total. The molecule has 1 saturated heterocycles. The zero-order valence-corrected chi connectivity index (χ0v) is 14.7. The van der Waals surface area contributed by atoms with E-state index in [1.165, 1.54) is 29.4 Å². The molecule has 1 aromatic carbocycles. The van der Waals surface area contributed by atoms with Crippen LogP contribution in [0.25, 0.3) is 11.2 Å². The predicted molar refractivity (Wildman–Crippen MR) is 94.3 cm³/mol. The van der Waals surface area contributed by atoms with Crippen molar-refractivity contribution in [2.45, 2.75) is 38.1 Å². The van der Waals surface area contributed by atoms with E-state index in [4.69, 9.17) is 9.47 Å². The van der Waals surface area contributed by atoms with E-state index in [1.807, 2.05) is 0 Å². The molecule has 0 bridgehead atoms. The Labute approximate surface area is 158 Å². The molecule has 0 unspecified atom stereocenters. The zero-order chi connectivity index (χ0) is 19.8. The summed E-state index contributed by atoms with van der Waals surface area (Å²) < 4.78 is 12.8. The van der Waals surface area contributed by atoms with Crippen LogP contribution in [-0.2, 0) is 11.3 Å². The summed E-state index contributed by atoms with van der Waals surface area (Å²) in [6, 6.07) is 5.99. The van der Waals surface area contributed by atoms with Crippen molar-refractivity contribution >= 4 is 16.9 Å². The van der Waals surface area contributed by atoms with Crippen LogP contribution in [0.5, 0.6) is 5.88 Å². The minimum Gasteiger partial charge on any atom is -0.471 e. The first-order valence-electron chi connectivity index (χ1n) is 8.51. The summed E-state index contributed by atoms with van der Waals surface area (Å²) in [7, 11) is 0. The third-order valence-electron chi connectivity index (χ3n) is 4.60. The molecule has 1 fully saturated rings. The van der Waals surface area contributed by atoms with Crippen molar-refractivity contribution < 1.29 is 24.6 Å². The monoisotopic (exact) mass is 387 g/mol. The number of aliphatic hydroxyl groups excluding tert-OH is 2. The molecule has 11 heteroatoms. The van der Waals surface area contributed by atoms with E-state index in [0.29, 0.717) is 11.2 Å². The maximum Gasteiger partial charge on any atom is 0.269 e. The van der Waals surface area contributed by atoms with Crippen molar-refractivity contribution in [1.82, 2.24) is 19.5 Å². The standard InChI is InChI=1S/C17H17N5O6/c1-9-13(23)14(24)17(28-9)21-8-20-12-15(21)18-7-19-16(12)27-6-10-2-4-11(5-3-10)22(25)26/h2-5,7-9,13-14,17,23-24H,6H2,1H3/t9-,13-,14-,17-/m1/s1. The van der Waals surface area contributed by atoms with E-state index in [1.54, 1.807) is 19.1 Å². The molecule has 3 aromatic rings. The van der Waals surface area contributed by atoms with Gasteiger partial charge in [0.05, 0.1) is 17.4 Å². The molecule has 28 heavy (non-hydrogen) atoms. The Morgan fingerprint density at radius 1 is 1.21 bits per heavy atom. The zero-order valence-electron chi connectivity index (χ0n) is 14.7. The van der Waals surface area contributed by atoms with E-state index in [0.717, 1.165) is 5.56 Å². The Morgan fingerprint density at radius 3 is 2.61 bits per heavy atom. The van der Waals surface area contributed by atoms with E-state index in [9.17, 15) is 20.3 Å². The van der Waals surface area contributed by atoms with Gasteiger partial charge >= 0.3 is 0 Å². The molecule has 0 aliphatic carbocycles. The molecule has 2 aromatic heterocycles. The highest BCUT2D eigenvalue weighted by Gasteiger charge is 2.42. The van der Waals surface area contributed by atoms with Crippen molar-refractivity contribution in [2.24, 2.45) is 0 Å². The van der Waals surface area contributed by atoms with Crippen LogP contribution in [0.4, 0.5) is 5.69 Å². The Morgan fingerprint density at radius 2 is 1.96 bits per heavy atom. The summed E-state index contributed by atoms with van der Waals surface area (Å²) in [6.45, 7) is 1.80. The van der Waals surface area contributed by atoms with Gasteiger partial charge < -0.3 is 19.7 Å². The molecule has 1 aliphatic heterocycles. The molecule has 2 N–H and O–H groups in total. The first kappa shape index (κ1) is 18.2. The topological polar surface area (TPSA) is 146 Å². The lowest BCUT2D eigenvalue weighted by atomic mass is 10.1. The Balaban J connectivity index is 1.56. The number of benzene rings is 1. The van der Waals surface area contributed by atoms with Crippen LogP contribution in [0, 0.1) is 10.1 Å². The quantitative estimate of drug-likeness (QED) is 0.482. The summed E-state index contributed by atoms with van der Waals surface area (Å²) in [6.07, 6.45) is -0.748. The van der Waals surface area contributed by atoms with Crippen molar-refractivity contribution in [2.75, 3.05) is 0 Å². The second-order valence-corrected chi connectivity index (χ2v) is 6.43.